The molecule has 0 amide bonds. The molecular formula is C45H34N4O. The number of fused-ring (bicyclic) bond motifs is 6. The van der Waals surface area contributed by atoms with E-state index in [0.717, 1.165) is 67.0 Å². The molecule has 3 heterocycles. The van der Waals surface area contributed by atoms with Crippen molar-refractivity contribution in [2.75, 3.05) is 0 Å². The first-order chi connectivity index (χ1) is 24.4. The lowest BCUT2D eigenvalue weighted by molar-refractivity contribution is 0.483. The highest BCUT2D eigenvalue weighted by Gasteiger charge is 2.20. The van der Waals surface area contributed by atoms with Crippen LogP contribution in [0.15, 0.2) is 152 Å². The number of benzene rings is 6. The van der Waals surface area contributed by atoms with Gasteiger partial charge in [0, 0.05) is 34.0 Å². The van der Waals surface area contributed by atoms with Gasteiger partial charge in [-0.05, 0) is 93.5 Å². The molecule has 240 valence electrons. The summed E-state index contributed by atoms with van der Waals surface area (Å²) in [5, 5.41) is 14.9. The highest BCUT2D eigenvalue weighted by molar-refractivity contribution is 6.21. The standard InChI is InChI=1S/C45H34N4O/c1-45(2,3)34-21-22-46-43(27-34)49-41-20-17-30-13-7-9-15-37(30)44(41)38-19-18-35(28-42(38)49)50-36-24-32(29-11-5-4-6-12-29)23-33(25-36)40-26-31-14-8-10-16-39(31)47-48-40/h4-28H,1-3H3. The number of pyridine rings is 1. The number of rotatable bonds is 5. The van der Waals surface area contributed by atoms with Crippen LogP contribution in [-0.4, -0.2) is 19.7 Å². The van der Waals surface area contributed by atoms with Gasteiger partial charge in [0.15, 0.2) is 0 Å². The van der Waals surface area contributed by atoms with Crippen LogP contribution in [0.3, 0.4) is 0 Å². The average molecular weight is 647 g/mol. The topological polar surface area (TPSA) is 52.8 Å². The van der Waals surface area contributed by atoms with E-state index in [-0.39, 0.29) is 5.41 Å². The third-order valence-electron chi connectivity index (χ3n) is 9.51. The van der Waals surface area contributed by atoms with Crippen LogP contribution in [0.2, 0.25) is 0 Å². The molecule has 0 unspecified atom stereocenters. The van der Waals surface area contributed by atoms with Gasteiger partial charge in [-0.1, -0.05) is 99.6 Å². The Balaban J connectivity index is 1.22. The first-order valence-electron chi connectivity index (χ1n) is 16.9. The van der Waals surface area contributed by atoms with E-state index in [1.807, 2.05) is 36.5 Å². The Bertz CT molecular complexity index is 2720. The Kier molecular flexibility index (Phi) is 6.95. The summed E-state index contributed by atoms with van der Waals surface area (Å²) in [7, 11) is 0. The molecule has 5 heteroatoms. The van der Waals surface area contributed by atoms with Crippen molar-refractivity contribution in [3.8, 4) is 39.7 Å². The van der Waals surface area contributed by atoms with Crippen molar-refractivity contribution in [2.24, 2.45) is 0 Å². The number of hydrogen-bond donors (Lipinski definition) is 0. The lowest BCUT2D eigenvalue weighted by Crippen LogP contribution is -2.12. The van der Waals surface area contributed by atoms with E-state index in [0.29, 0.717) is 0 Å². The third kappa shape index (κ3) is 5.24. The van der Waals surface area contributed by atoms with Gasteiger partial charge in [0.25, 0.3) is 0 Å². The highest BCUT2D eigenvalue weighted by atomic mass is 16.5. The first-order valence-corrected chi connectivity index (χ1v) is 16.9. The van der Waals surface area contributed by atoms with Crippen molar-refractivity contribution in [3.05, 3.63) is 157 Å². The minimum atomic E-state index is -0.0195. The Morgan fingerprint density at radius 2 is 1.32 bits per heavy atom. The molecule has 0 spiro atoms. The summed E-state index contributed by atoms with van der Waals surface area (Å²) in [6, 6.07) is 50.5. The van der Waals surface area contributed by atoms with E-state index < -0.39 is 0 Å². The normalized spacial score (nSPS) is 11.9. The van der Waals surface area contributed by atoms with Gasteiger partial charge >= 0.3 is 0 Å². The van der Waals surface area contributed by atoms with Crippen LogP contribution in [-0.2, 0) is 5.41 Å². The number of aromatic nitrogens is 4. The smallest absolute Gasteiger partial charge is 0.137 e. The van der Waals surface area contributed by atoms with Gasteiger partial charge in [0.05, 0.1) is 22.2 Å². The highest BCUT2D eigenvalue weighted by Crippen LogP contribution is 2.40. The molecule has 0 bridgehead atoms. The largest absolute Gasteiger partial charge is 0.457 e. The minimum Gasteiger partial charge on any atom is -0.457 e. The van der Waals surface area contributed by atoms with E-state index in [4.69, 9.17) is 9.72 Å². The number of ether oxygens (including phenoxy) is 1. The monoisotopic (exact) mass is 646 g/mol. The van der Waals surface area contributed by atoms with E-state index in [1.54, 1.807) is 0 Å². The Hall–Kier alpha value is -6.33. The Morgan fingerprint density at radius 1 is 0.540 bits per heavy atom. The molecule has 0 atom stereocenters. The quantitative estimate of drug-likeness (QED) is 0.187. The maximum Gasteiger partial charge on any atom is 0.137 e. The maximum atomic E-state index is 6.77. The zero-order valence-corrected chi connectivity index (χ0v) is 28.1. The van der Waals surface area contributed by atoms with E-state index >= 15 is 0 Å². The molecule has 0 fully saturated rings. The van der Waals surface area contributed by atoms with Crippen molar-refractivity contribution >= 4 is 43.5 Å². The van der Waals surface area contributed by atoms with Gasteiger partial charge in [-0.25, -0.2) is 4.98 Å². The molecule has 6 aromatic carbocycles. The van der Waals surface area contributed by atoms with Crippen LogP contribution >= 0.6 is 0 Å². The minimum absolute atomic E-state index is 0.0195. The van der Waals surface area contributed by atoms with Crippen LogP contribution in [0.1, 0.15) is 26.3 Å². The number of nitrogens with zero attached hydrogens (tertiary/aromatic N) is 4. The fourth-order valence-electron chi connectivity index (χ4n) is 6.95. The first kappa shape index (κ1) is 29.8. The molecule has 0 radical (unpaired) electrons. The van der Waals surface area contributed by atoms with Crippen molar-refractivity contribution in [1.82, 2.24) is 19.7 Å². The van der Waals surface area contributed by atoms with Crippen LogP contribution in [0.5, 0.6) is 11.5 Å². The molecule has 5 nitrogen and oxygen atoms in total. The summed E-state index contributed by atoms with van der Waals surface area (Å²) in [6.45, 7) is 6.70. The summed E-state index contributed by atoms with van der Waals surface area (Å²) in [5.41, 5.74) is 8.08. The van der Waals surface area contributed by atoms with Gasteiger partial charge in [-0.3, -0.25) is 4.57 Å². The van der Waals surface area contributed by atoms with Crippen molar-refractivity contribution < 1.29 is 4.74 Å². The van der Waals surface area contributed by atoms with E-state index in [9.17, 15) is 0 Å². The summed E-state index contributed by atoms with van der Waals surface area (Å²) in [4.78, 5) is 4.91. The van der Waals surface area contributed by atoms with Crippen LogP contribution in [0, 0.1) is 0 Å². The van der Waals surface area contributed by atoms with Gasteiger partial charge in [0.1, 0.15) is 17.3 Å². The molecule has 0 N–H and O–H groups in total. The van der Waals surface area contributed by atoms with E-state index in [1.165, 1.54) is 21.7 Å². The fourth-order valence-corrected chi connectivity index (χ4v) is 6.95. The molecule has 0 saturated carbocycles. The molecule has 50 heavy (non-hydrogen) atoms. The predicted octanol–water partition coefficient (Wildman–Crippen LogP) is 11.7. The van der Waals surface area contributed by atoms with Gasteiger partial charge in [-0.2, -0.15) is 0 Å². The fraction of sp³-hybridized carbons (Fsp3) is 0.0889. The summed E-state index contributed by atoms with van der Waals surface area (Å²) >= 11 is 0. The molecule has 0 saturated heterocycles. The molecule has 0 aliphatic heterocycles. The Morgan fingerprint density at radius 3 is 2.18 bits per heavy atom. The predicted molar refractivity (Wildman–Crippen MR) is 205 cm³/mol. The van der Waals surface area contributed by atoms with Crippen molar-refractivity contribution in [3.63, 3.8) is 0 Å². The van der Waals surface area contributed by atoms with Gasteiger partial charge < -0.3 is 4.74 Å². The lowest BCUT2D eigenvalue weighted by atomic mass is 9.88. The van der Waals surface area contributed by atoms with Crippen LogP contribution < -0.4 is 4.74 Å². The molecule has 9 aromatic rings. The SMILES string of the molecule is CC(C)(C)c1ccnc(-n2c3cc(Oc4cc(-c5ccccc5)cc(-c5cc6ccccc6nn5)c4)ccc3c3c4ccccc4ccc32)c1. The lowest BCUT2D eigenvalue weighted by Gasteiger charge is -2.20. The van der Waals surface area contributed by atoms with Crippen molar-refractivity contribution in [2.45, 2.75) is 26.2 Å². The van der Waals surface area contributed by atoms with Crippen LogP contribution in [0.4, 0.5) is 0 Å². The van der Waals surface area contributed by atoms with E-state index in [2.05, 4.69) is 151 Å². The summed E-state index contributed by atoms with van der Waals surface area (Å²) in [6.07, 6.45) is 1.92. The summed E-state index contributed by atoms with van der Waals surface area (Å²) < 4.78 is 9.04. The second kappa shape index (κ2) is 11.7. The molecule has 3 aromatic heterocycles. The zero-order chi connectivity index (χ0) is 33.8. The second-order valence-electron chi connectivity index (χ2n) is 13.9. The van der Waals surface area contributed by atoms with Gasteiger partial charge in [0.2, 0.25) is 0 Å². The molecule has 9 rings (SSSR count). The molecular weight excluding hydrogens is 613 g/mol. The summed E-state index contributed by atoms with van der Waals surface area (Å²) in [5.74, 6) is 2.34. The second-order valence-corrected chi connectivity index (χ2v) is 13.9. The maximum absolute atomic E-state index is 6.77. The third-order valence-corrected chi connectivity index (χ3v) is 9.51. The molecule has 0 aliphatic carbocycles. The van der Waals surface area contributed by atoms with Gasteiger partial charge in [-0.15, -0.1) is 10.2 Å². The van der Waals surface area contributed by atoms with Crippen LogP contribution in [0.25, 0.3) is 71.7 Å². The molecule has 0 aliphatic rings. The zero-order valence-electron chi connectivity index (χ0n) is 28.1. The number of hydrogen-bond acceptors (Lipinski definition) is 4. The Labute approximate surface area is 290 Å². The van der Waals surface area contributed by atoms with Crippen molar-refractivity contribution in [1.29, 1.82) is 0 Å². The average Bonchev–Trinajstić information content (AvgIpc) is 3.48.